The van der Waals surface area contributed by atoms with E-state index in [9.17, 15) is 9.59 Å². The van der Waals surface area contributed by atoms with Crippen molar-refractivity contribution in [3.05, 3.63) is 0 Å². The molecule has 3 N–H and O–H groups in total. The molecule has 5 nitrogen and oxygen atoms in total. The van der Waals surface area contributed by atoms with Gasteiger partial charge in [0.15, 0.2) is 0 Å². The first kappa shape index (κ1) is 12.0. The zero-order chi connectivity index (χ0) is 11.3. The summed E-state index contributed by atoms with van der Waals surface area (Å²) in [4.78, 5) is 22.5. The van der Waals surface area contributed by atoms with Crippen LogP contribution in [0.15, 0.2) is 0 Å². The van der Waals surface area contributed by atoms with Crippen LogP contribution in [0, 0.1) is 5.92 Å². The predicted octanol–water partition coefficient (Wildman–Crippen LogP) is -0.763. The zero-order valence-corrected chi connectivity index (χ0v) is 9.30. The summed E-state index contributed by atoms with van der Waals surface area (Å²) in [5.41, 5.74) is 0. The van der Waals surface area contributed by atoms with Gasteiger partial charge in [0.25, 0.3) is 0 Å². The summed E-state index contributed by atoms with van der Waals surface area (Å²) < 4.78 is 0. The van der Waals surface area contributed by atoms with Crippen LogP contribution in [-0.4, -0.2) is 38.0 Å². The number of hydrogen-bond donors (Lipinski definition) is 3. The molecule has 2 amide bonds. The second-order valence-electron chi connectivity index (χ2n) is 3.91. The summed E-state index contributed by atoms with van der Waals surface area (Å²) in [5.74, 6) is 0.330. The van der Waals surface area contributed by atoms with E-state index in [2.05, 4.69) is 22.9 Å². The Hall–Kier alpha value is -1.10. The van der Waals surface area contributed by atoms with Crippen LogP contribution in [0.5, 0.6) is 0 Å². The average molecular weight is 213 g/mol. The Balaban J connectivity index is 2.21. The number of carbonyl (C=O) groups is 2. The van der Waals surface area contributed by atoms with E-state index in [0.29, 0.717) is 18.9 Å². The van der Waals surface area contributed by atoms with E-state index in [4.69, 9.17) is 0 Å². The van der Waals surface area contributed by atoms with Crippen molar-refractivity contribution in [1.29, 1.82) is 0 Å². The first-order valence-electron chi connectivity index (χ1n) is 5.37. The zero-order valence-electron chi connectivity index (χ0n) is 9.30. The lowest BCUT2D eigenvalue weighted by molar-refractivity contribution is -0.124. The van der Waals surface area contributed by atoms with Crippen LogP contribution in [0.1, 0.15) is 19.8 Å². The lowest BCUT2D eigenvalue weighted by atomic mass is 10.0. The van der Waals surface area contributed by atoms with Crippen molar-refractivity contribution in [2.45, 2.75) is 25.8 Å². The molecule has 5 heteroatoms. The molecule has 1 aliphatic rings. The third kappa shape index (κ3) is 3.51. The van der Waals surface area contributed by atoms with Crippen LogP contribution in [0.25, 0.3) is 0 Å². The van der Waals surface area contributed by atoms with Gasteiger partial charge in [0.2, 0.25) is 11.8 Å². The lowest BCUT2D eigenvalue weighted by Gasteiger charge is -2.14. The first-order valence-corrected chi connectivity index (χ1v) is 5.37. The van der Waals surface area contributed by atoms with E-state index >= 15 is 0 Å². The van der Waals surface area contributed by atoms with Crippen LogP contribution in [0.3, 0.4) is 0 Å². The topological polar surface area (TPSA) is 70.2 Å². The van der Waals surface area contributed by atoms with E-state index in [1.165, 1.54) is 0 Å². The van der Waals surface area contributed by atoms with Gasteiger partial charge in [0.1, 0.15) is 0 Å². The van der Waals surface area contributed by atoms with Gasteiger partial charge in [-0.05, 0) is 18.9 Å². The van der Waals surface area contributed by atoms with Crippen molar-refractivity contribution in [2.75, 3.05) is 20.1 Å². The smallest absolute Gasteiger partial charge is 0.237 e. The quantitative estimate of drug-likeness (QED) is 0.575. The van der Waals surface area contributed by atoms with Gasteiger partial charge in [-0.3, -0.25) is 9.59 Å². The van der Waals surface area contributed by atoms with Crippen molar-refractivity contribution in [1.82, 2.24) is 16.0 Å². The third-order valence-electron chi connectivity index (χ3n) is 2.75. The Morgan fingerprint density at radius 1 is 1.47 bits per heavy atom. The SMILES string of the molecule is CNC(=O)CCNC(=O)C1NCCC1C. The summed E-state index contributed by atoms with van der Waals surface area (Å²) in [6.45, 7) is 3.36. The molecule has 1 rings (SSSR count). The molecule has 1 aliphatic heterocycles. The highest BCUT2D eigenvalue weighted by atomic mass is 16.2. The highest BCUT2D eigenvalue weighted by Crippen LogP contribution is 2.13. The maximum absolute atomic E-state index is 11.6. The summed E-state index contributed by atoms with van der Waals surface area (Å²) in [6, 6.07) is -0.0883. The molecule has 0 bridgehead atoms. The van der Waals surface area contributed by atoms with Crippen LogP contribution in [0.2, 0.25) is 0 Å². The molecule has 1 heterocycles. The molecule has 0 aromatic rings. The van der Waals surface area contributed by atoms with Crippen molar-refractivity contribution < 1.29 is 9.59 Å². The summed E-state index contributed by atoms with van der Waals surface area (Å²) in [5, 5.41) is 8.41. The van der Waals surface area contributed by atoms with Crippen LogP contribution in [-0.2, 0) is 9.59 Å². The van der Waals surface area contributed by atoms with Gasteiger partial charge < -0.3 is 16.0 Å². The molecule has 0 spiro atoms. The molecular weight excluding hydrogens is 194 g/mol. The second kappa shape index (κ2) is 5.70. The summed E-state index contributed by atoms with van der Waals surface area (Å²) in [6.07, 6.45) is 1.37. The maximum Gasteiger partial charge on any atom is 0.237 e. The van der Waals surface area contributed by atoms with E-state index in [-0.39, 0.29) is 17.9 Å². The number of amides is 2. The van der Waals surface area contributed by atoms with Gasteiger partial charge >= 0.3 is 0 Å². The number of nitrogens with one attached hydrogen (secondary N) is 3. The van der Waals surface area contributed by atoms with Gasteiger partial charge in [-0.25, -0.2) is 0 Å². The number of carbonyl (C=O) groups excluding carboxylic acids is 2. The Morgan fingerprint density at radius 3 is 2.73 bits per heavy atom. The minimum Gasteiger partial charge on any atom is -0.359 e. The lowest BCUT2D eigenvalue weighted by Crippen LogP contribution is -2.44. The molecule has 0 saturated carbocycles. The Labute approximate surface area is 90.0 Å². The van der Waals surface area contributed by atoms with Crippen LogP contribution >= 0.6 is 0 Å². The second-order valence-corrected chi connectivity index (χ2v) is 3.91. The molecule has 2 atom stereocenters. The molecule has 0 aromatic heterocycles. The molecule has 0 aliphatic carbocycles. The minimum absolute atomic E-state index is 0.00361. The Kier molecular flexibility index (Phi) is 4.55. The summed E-state index contributed by atoms with van der Waals surface area (Å²) >= 11 is 0. The highest BCUT2D eigenvalue weighted by molar-refractivity contribution is 5.83. The van der Waals surface area contributed by atoms with Gasteiger partial charge in [-0.2, -0.15) is 0 Å². The van der Waals surface area contributed by atoms with Gasteiger partial charge in [0, 0.05) is 20.0 Å². The molecule has 2 unspecified atom stereocenters. The molecule has 86 valence electrons. The largest absolute Gasteiger partial charge is 0.359 e. The monoisotopic (exact) mass is 213 g/mol. The van der Waals surface area contributed by atoms with E-state index < -0.39 is 0 Å². The van der Waals surface area contributed by atoms with Crippen LogP contribution < -0.4 is 16.0 Å². The Bertz CT molecular complexity index is 243. The van der Waals surface area contributed by atoms with Gasteiger partial charge in [-0.15, -0.1) is 0 Å². The molecular formula is C10H19N3O2. The molecule has 0 aromatic carbocycles. The molecule has 0 radical (unpaired) electrons. The highest BCUT2D eigenvalue weighted by Gasteiger charge is 2.28. The first-order chi connectivity index (χ1) is 7.15. The van der Waals surface area contributed by atoms with Gasteiger partial charge in [0.05, 0.1) is 6.04 Å². The van der Waals surface area contributed by atoms with E-state index in [0.717, 1.165) is 13.0 Å². The molecule has 15 heavy (non-hydrogen) atoms. The van der Waals surface area contributed by atoms with Crippen molar-refractivity contribution in [3.63, 3.8) is 0 Å². The van der Waals surface area contributed by atoms with Crippen LogP contribution in [0.4, 0.5) is 0 Å². The van der Waals surface area contributed by atoms with E-state index in [1.54, 1.807) is 7.05 Å². The predicted molar refractivity (Wildman–Crippen MR) is 57.3 cm³/mol. The fourth-order valence-corrected chi connectivity index (χ4v) is 1.72. The number of rotatable bonds is 4. The summed E-state index contributed by atoms with van der Waals surface area (Å²) in [7, 11) is 1.59. The van der Waals surface area contributed by atoms with Gasteiger partial charge in [-0.1, -0.05) is 6.92 Å². The number of hydrogen-bond acceptors (Lipinski definition) is 3. The van der Waals surface area contributed by atoms with Crippen molar-refractivity contribution in [2.24, 2.45) is 5.92 Å². The van der Waals surface area contributed by atoms with Crippen molar-refractivity contribution in [3.8, 4) is 0 Å². The van der Waals surface area contributed by atoms with Crippen molar-refractivity contribution >= 4 is 11.8 Å². The molecule has 1 saturated heterocycles. The Morgan fingerprint density at radius 2 is 2.20 bits per heavy atom. The fourth-order valence-electron chi connectivity index (χ4n) is 1.72. The third-order valence-corrected chi connectivity index (χ3v) is 2.75. The normalized spacial score (nSPS) is 24.9. The average Bonchev–Trinajstić information content (AvgIpc) is 2.64. The fraction of sp³-hybridized carbons (Fsp3) is 0.800. The maximum atomic E-state index is 11.6. The standard InChI is InChI=1S/C10H19N3O2/c1-7-3-5-12-9(7)10(15)13-6-4-8(14)11-2/h7,9,12H,3-6H2,1-2H3,(H,11,14)(H,13,15). The minimum atomic E-state index is -0.0883. The van der Waals surface area contributed by atoms with E-state index in [1.807, 2.05) is 0 Å². The molecule has 1 fully saturated rings.